The standard InChI is InChI=1S/C56H42N4/c1-2-11-36(12-3-1)37-20-22-38(23-21-37)53-58-54(40-13-10-26-57-33-40)60-55(59-53)52-47-17-6-4-15-45(47)51(46-16-5-7-18-48(46)52)39-24-25-44-43-14-8-9-19-49(43)56(50(44)32-39)41-28-34-27-35(30-41)31-42(56)29-34/h1-26,32-35,41-42H,27-31H2. The maximum atomic E-state index is 5.33. The van der Waals surface area contributed by atoms with E-state index in [0.717, 1.165) is 44.9 Å². The lowest BCUT2D eigenvalue weighted by Gasteiger charge is -2.61. The first-order chi connectivity index (χ1) is 29.7. The molecule has 1 spiro atoms. The van der Waals surface area contributed by atoms with E-state index in [1.807, 2.05) is 24.4 Å². The van der Waals surface area contributed by atoms with Crippen LogP contribution in [0.3, 0.4) is 0 Å². The van der Waals surface area contributed by atoms with Crippen LogP contribution in [0.1, 0.15) is 43.2 Å². The molecule has 7 aromatic carbocycles. The first kappa shape index (κ1) is 34.1. The maximum absolute atomic E-state index is 5.33. The topological polar surface area (TPSA) is 51.6 Å². The second-order valence-corrected chi connectivity index (χ2v) is 17.8. The van der Waals surface area contributed by atoms with Gasteiger partial charge in [0.05, 0.1) is 0 Å². The average Bonchev–Trinajstić information content (AvgIpc) is 3.60. The number of benzene rings is 7. The van der Waals surface area contributed by atoms with Gasteiger partial charge in [-0.3, -0.25) is 4.98 Å². The van der Waals surface area contributed by atoms with E-state index in [2.05, 4.69) is 145 Å². The van der Waals surface area contributed by atoms with Crippen molar-refractivity contribution in [2.24, 2.45) is 23.7 Å². The maximum Gasteiger partial charge on any atom is 0.165 e. The summed E-state index contributed by atoms with van der Waals surface area (Å²) in [5, 5.41) is 4.68. The molecule has 4 bridgehead atoms. The van der Waals surface area contributed by atoms with Crippen LogP contribution in [0.5, 0.6) is 0 Å². The summed E-state index contributed by atoms with van der Waals surface area (Å²) in [6.45, 7) is 0. The van der Waals surface area contributed by atoms with Crippen LogP contribution in [0.2, 0.25) is 0 Å². The molecule has 286 valence electrons. The molecule has 0 N–H and O–H groups in total. The van der Waals surface area contributed by atoms with Crippen molar-refractivity contribution in [2.75, 3.05) is 0 Å². The Morgan fingerprint density at radius 2 is 0.900 bits per heavy atom. The van der Waals surface area contributed by atoms with E-state index in [1.54, 1.807) is 17.3 Å². The third kappa shape index (κ3) is 4.97. The molecule has 4 saturated carbocycles. The monoisotopic (exact) mass is 770 g/mol. The van der Waals surface area contributed by atoms with Gasteiger partial charge in [-0.15, -0.1) is 0 Å². The highest BCUT2D eigenvalue weighted by atomic mass is 15.0. The molecule has 2 heterocycles. The Morgan fingerprint density at radius 1 is 0.383 bits per heavy atom. The molecule has 0 atom stereocenters. The molecule has 5 aliphatic carbocycles. The fourth-order valence-electron chi connectivity index (χ4n) is 12.7. The van der Waals surface area contributed by atoms with Crippen LogP contribution >= 0.6 is 0 Å². The van der Waals surface area contributed by atoms with Crippen molar-refractivity contribution >= 4 is 21.5 Å². The Labute approximate surface area is 350 Å². The minimum absolute atomic E-state index is 0.101. The molecule has 0 saturated heterocycles. The number of hydrogen-bond acceptors (Lipinski definition) is 4. The lowest BCUT2D eigenvalue weighted by Crippen LogP contribution is -2.55. The fourth-order valence-corrected chi connectivity index (χ4v) is 12.7. The lowest BCUT2D eigenvalue weighted by molar-refractivity contribution is -0.0399. The minimum atomic E-state index is 0.101. The van der Waals surface area contributed by atoms with Gasteiger partial charge in [-0.05, 0) is 140 Å². The van der Waals surface area contributed by atoms with Crippen LogP contribution in [0, 0.1) is 23.7 Å². The lowest BCUT2D eigenvalue weighted by atomic mass is 9.43. The summed E-state index contributed by atoms with van der Waals surface area (Å²) < 4.78 is 0. The quantitative estimate of drug-likeness (QED) is 0.164. The predicted octanol–water partition coefficient (Wildman–Crippen LogP) is 13.6. The zero-order chi connectivity index (χ0) is 39.4. The van der Waals surface area contributed by atoms with Crippen molar-refractivity contribution < 1.29 is 0 Å². The van der Waals surface area contributed by atoms with E-state index in [0.29, 0.717) is 29.3 Å². The number of hydrogen-bond donors (Lipinski definition) is 0. The molecule has 60 heavy (non-hydrogen) atoms. The number of fused-ring (bicyclic) bond motifs is 5. The third-order valence-corrected chi connectivity index (χ3v) is 14.8. The van der Waals surface area contributed by atoms with E-state index < -0.39 is 0 Å². The molecule has 4 fully saturated rings. The Morgan fingerprint density at radius 3 is 1.57 bits per heavy atom. The number of rotatable bonds is 5. The average molecular weight is 771 g/mol. The molecule has 0 unspecified atom stereocenters. The van der Waals surface area contributed by atoms with Crippen LogP contribution in [0.15, 0.2) is 170 Å². The van der Waals surface area contributed by atoms with Gasteiger partial charge in [0, 0.05) is 34.5 Å². The summed E-state index contributed by atoms with van der Waals surface area (Å²) >= 11 is 0. The molecule has 4 heteroatoms. The van der Waals surface area contributed by atoms with Gasteiger partial charge in [-0.2, -0.15) is 0 Å². The summed E-state index contributed by atoms with van der Waals surface area (Å²) in [5.41, 5.74) is 13.9. The van der Waals surface area contributed by atoms with Gasteiger partial charge >= 0.3 is 0 Å². The molecule has 4 nitrogen and oxygen atoms in total. The smallest absolute Gasteiger partial charge is 0.165 e. The molecule has 0 amide bonds. The van der Waals surface area contributed by atoms with Crippen LogP contribution in [-0.2, 0) is 5.41 Å². The fraction of sp³-hybridized carbons (Fsp3) is 0.179. The van der Waals surface area contributed by atoms with Gasteiger partial charge in [-0.1, -0.05) is 140 Å². The number of pyridine rings is 1. The summed E-state index contributed by atoms with van der Waals surface area (Å²) in [5.74, 6) is 5.12. The van der Waals surface area contributed by atoms with E-state index in [1.165, 1.54) is 70.7 Å². The third-order valence-electron chi connectivity index (χ3n) is 14.8. The highest BCUT2D eigenvalue weighted by Crippen LogP contribution is 2.69. The summed E-state index contributed by atoms with van der Waals surface area (Å²) in [6, 6.07) is 57.7. The highest BCUT2D eigenvalue weighted by molar-refractivity contribution is 6.21. The van der Waals surface area contributed by atoms with Gasteiger partial charge in [0.2, 0.25) is 0 Å². The molecule has 0 radical (unpaired) electrons. The van der Waals surface area contributed by atoms with Crippen molar-refractivity contribution in [3.8, 4) is 67.5 Å². The largest absolute Gasteiger partial charge is 0.264 e. The van der Waals surface area contributed by atoms with Crippen molar-refractivity contribution in [3.05, 3.63) is 181 Å². The van der Waals surface area contributed by atoms with E-state index in [9.17, 15) is 0 Å². The van der Waals surface area contributed by atoms with E-state index in [-0.39, 0.29) is 5.41 Å². The van der Waals surface area contributed by atoms with E-state index in [4.69, 9.17) is 15.0 Å². The van der Waals surface area contributed by atoms with Crippen molar-refractivity contribution in [2.45, 2.75) is 37.5 Å². The second-order valence-electron chi connectivity index (χ2n) is 17.8. The Balaban J connectivity index is 1.02. The number of nitrogens with zero attached hydrogens (tertiary/aromatic N) is 4. The molecule has 5 aliphatic rings. The van der Waals surface area contributed by atoms with Crippen molar-refractivity contribution in [3.63, 3.8) is 0 Å². The molecule has 14 rings (SSSR count). The number of aromatic nitrogens is 4. The Bertz CT molecular complexity index is 3070. The second kappa shape index (κ2) is 13.1. The molecule has 0 aliphatic heterocycles. The highest BCUT2D eigenvalue weighted by Gasteiger charge is 2.61. The Hall–Kier alpha value is -6.78. The summed E-state index contributed by atoms with van der Waals surface area (Å²) in [4.78, 5) is 20.1. The minimum Gasteiger partial charge on any atom is -0.264 e. The molecule has 2 aromatic heterocycles. The molecular weight excluding hydrogens is 729 g/mol. The molecular formula is C56H42N4. The van der Waals surface area contributed by atoms with Gasteiger partial charge in [0.25, 0.3) is 0 Å². The SMILES string of the molecule is c1ccc(-c2ccc(-c3nc(-c4cccnc4)nc(-c4c5ccccc5c(-c5ccc6c(c5)C5(c7ccccc7-6)C6CC7CC(C6)CC5C7)c5ccccc45)n3)cc2)cc1. The Kier molecular flexibility index (Phi) is 7.46. The molecule has 9 aromatic rings. The predicted molar refractivity (Wildman–Crippen MR) is 243 cm³/mol. The zero-order valence-electron chi connectivity index (χ0n) is 33.3. The van der Waals surface area contributed by atoms with Crippen LogP contribution in [0.4, 0.5) is 0 Å². The van der Waals surface area contributed by atoms with Gasteiger partial charge < -0.3 is 0 Å². The van der Waals surface area contributed by atoms with Crippen molar-refractivity contribution in [1.29, 1.82) is 0 Å². The van der Waals surface area contributed by atoms with Crippen LogP contribution in [-0.4, -0.2) is 19.9 Å². The van der Waals surface area contributed by atoms with Gasteiger partial charge in [-0.25, -0.2) is 15.0 Å². The van der Waals surface area contributed by atoms with Crippen LogP contribution in [0.25, 0.3) is 89.1 Å². The summed E-state index contributed by atoms with van der Waals surface area (Å²) in [6.07, 6.45) is 10.6. The first-order valence-electron chi connectivity index (χ1n) is 21.7. The van der Waals surface area contributed by atoms with Crippen molar-refractivity contribution in [1.82, 2.24) is 19.9 Å². The van der Waals surface area contributed by atoms with Gasteiger partial charge in [0.15, 0.2) is 17.5 Å². The van der Waals surface area contributed by atoms with Gasteiger partial charge in [0.1, 0.15) is 0 Å². The van der Waals surface area contributed by atoms with Crippen LogP contribution < -0.4 is 0 Å². The summed E-state index contributed by atoms with van der Waals surface area (Å²) in [7, 11) is 0. The normalized spacial score (nSPS) is 22.1. The zero-order valence-corrected chi connectivity index (χ0v) is 33.3. The first-order valence-corrected chi connectivity index (χ1v) is 21.7. The van der Waals surface area contributed by atoms with E-state index >= 15 is 0 Å².